The van der Waals surface area contributed by atoms with E-state index in [1.165, 1.54) is 11.3 Å². The molecule has 0 saturated carbocycles. The van der Waals surface area contributed by atoms with Crippen molar-refractivity contribution in [3.8, 4) is 0 Å². The number of Topliss-reactive ketones (excluding diaryl/α,β-unsaturated/α-hetero) is 2. The van der Waals surface area contributed by atoms with Crippen LogP contribution >= 0.6 is 11.3 Å². The quantitative estimate of drug-likeness (QED) is 0.618. The Hall–Kier alpha value is -1.49. The van der Waals surface area contributed by atoms with E-state index in [-0.39, 0.29) is 24.4 Å². The van der Waals surface area contributed by atoms with Gasteiger partial charge >= 0.3 is 5.97 Å². The molecule has 18 heavy (non-hydrogen) atoms. The Balaban J connectivity index is 2.11. The highest BCUT2D eigenvalue weighted by Crippen LogP contribution is 2.27. The SMILES string of the molecule is CC1(C)CC(=O)C(C(=O)Cc2cccs2)C(=O)O1. The number of thiophene rings is 1. The second-order valence-corrected chi connectivity index (χ2v) is 6.01. The third kappa shape index (κ3) is 2.67. The van der Waals surface area contributed by atoms with E-state index in [2.05, 4.69) is 0 Å². The lowest BCUT2D eigenvalue weighted by atomic mass is 9.86. The Labute approximate surface area is 109 Å². The van der Waals surface area contributed by atoms with Crippen molar-refractivity contribution in [3.63, 3.8) is 0 Å². The zero-order valence-electron chi connectivity index (χ0n) is 10.3. The number of rotatable bonds is 3. The third-order valence-electron chi connectivity index (χ3n) is 2.79. The van der Waals surface area contributed by atoms with Crippen LogP contribution in [0.2, 0.25) is 0 Å². The molecular weight excluding hydrogens is 252 g/mol. The number of carbonyl (C=O) groups excluding carboxylic acids is 3. The fourth-order valence-electron chi connectivity index (χ4n) is 2.02. The average Bonchev–Trinajstić information content (AvgIpc) is 2.66. The monoisotopic (exact) mass is 266 g/mol. The number of carbonyl (C=O) groups is 3. The first-order valence-corrected chi connectivity index (χ1v) is 6.58. The molecule has 0 spiro atoms. The molecule has 0 aromatic carbocycles. The molecular formula is C13H14O4S. The zero-order chi connectivity index (χ0) is 13.3. The van der Waals surface area contributed by atoms with E-state index in [1.54, 1.807) is 13.8 Å². The van der Waals surface area contributed by atoms with Crippen molar-refractivity contribution in [2.45, 2.75) is 32.3 Å². The highest BCUT2D eigenvalue weighted by molar-refractivity contribution is 7.10. The number of ether oxygens (including phenoxy) is 1. The lowest BCUT2D eigenvalue weighted by Gasteiger charge is -2.32. The molecule has 5 heteroatoms. The van der Waals surface area contributed by atoms with E-state index >= 15 is 0 Å². The van der Waals surface area contributed by atoms with Crippen LogP contribution in [-0.2, 0) is 25.5 Å². The maximum atomic E-state index is 12.0. The predicted octanol–water partition coefficient (Wildman–Crippen LogP) is 1.77. The maximum Gasteiger partial charge on any atom is 0.324 e. The summed E-state index contributed by atoms with van der Waals surface area (Å²) in [4.78, 5) is 36.4. The van der Waals surface area contributed by atoms with Crippen LogP contribution in [0.15, 0.2) is 17.5 Å². The molecule has 96 valence electrons. The molecule has 0 N–H and O–H groups in total. The average molecular weight is 266 g/mol. The van der Waals surface area contributed by atoms with Gasteiger partial charge in [-0.3, -0.25) is 14.4 Å². The van der Waals surface area contributed by atoms with Crippen molar-refractivity contribution >= 4 is 28.9 Å². The molecule has 1 aliphatic heterocycles. The van der Waals surface area contributed by atoms with Gasteiger partial charge in [-0.2, -0.15) is 0 Å². The molecule has 0 radical (unpaired) electrons. The maximum absolute atomic E-state index is 12.0. The summed E-state index contributed by atoms with van der Waals surface area (Å²) >= 11 is 1.43. The molecule has 4 nitrogen and oxygen atoms in total. The van der Waals surface area contributed by atoms with Crippen LogP contribution in [0.4, 0.5) is 0 Å². The van der Waals surface area contributed by atoms with E-state index in [0.29, 0.717) is 0 Å². The van der Waals surface area contributed by atoms with Gasteiger partial charge in [0.25, 0.3) is 0 Å². The number of esters is 1. The molecule has 1 saturated heterocycles. The third-order valence-corrected chi connectivity index (χ3v) is 3.66. The molecule has 0 bridgehead atoms. The van der Waals surface area contributed by atoms with Gasteiger partial charge in [0, 0.05) is 17.7 Å². The number of hydrogen-bond donors (Lipinski definition) is 0. The second kappa shape index (κ2) is 4.65. The standard InChI is InChI=1S/C13H14O4S/c1-13(2)7-10(15)11(12(16)17-13)9(14)6-8-4-3-5-18-8/h3-5,11H,6-7H2,1-2H3. The molecule has 2 heterocycles. The van der Waals surface area contributed by atoms with Gasteiger partial charge < -0.3 is 4.74 Å². The minimum absolute atomic E-state index is 0.0968. The van der Waals surface area contributed by atoms with Crippen molar-refractivity contribution in [3.05, 3.63) is 22.4 Å². The van der Waals surface area contributed by atoms with Crippen LogP contribution in [-0.4, -0.2) is 23.1 Å². The Morgan fingerprint density at radius 3 is 2.78 bits per heavy atom. The van der Waals surface area contributed by atoms with Gasteiger partial charge in [0.1, 0.15) is 5.60 Å². The second-order valence-electron chi connectivity index (χ2n) is 4.98. The van der Waals surface area contributed by atoms with E-state index in [0.717, 1.165) is 4.88 Å². The Bertz CT molecular complexity index is 467. The summed E-state index contributed by atoms with van der Waals surface area (Å²) in [6, 6.07) is 3.64. The van der Waals surface area contributed by atoms with E-state index < -0.39 is 17.5 Å². The van der Waals surface area contributed by atoms with Crippen molar-refractivity contribution in [1.82, 2.24) is 0 Å². The summed E-state index contributed by atoms with van der Waals surface area (Å²) < 4.78 is 5.12. The summed E-state index contributed by atoms with van der Waals surface area (Å²) in [6.07, 6.45) is 0.211. The highest BCUT2D eigenvalue weighted by Gasteiger charge is 2.44. The number of ketones is 2. The van der Waals surface area contributed by atoms with Crippen molar-refractivity contribution < 1.29 is 19.1 Å². The number of cyclic esters (lactones) is 1. The predicted molar refractivity (Wildman–Crippen MR) is 66.3 cm³/mol. The molecule has 1 fully saturated rings. The van der Waals surface area contributed by atoms with Gasteiger partial charge in [0.05, 0.1) is 0 Å². The first-order valence-electron chi connectivity index (χ1n) is 5.70. The summed E-state index contributed by atoms with van der Waals surface area (Å²) in [5.41, 5.74) is -0.798. The van der Waals surface area contributed by atoms with Crippen LogP contribution in [0.25, 0.3) is 0 Å². The molecule has 1 unspecified atom stereocenters. The van der Waals surface area contributed by atoms with Gasteiger partial charge in [-0.25, -0.2) is 0 Å². The number of hydrogen-bond acceptors (Lipinski definition) is 5. The highest BCUT2D eigenvalue weighted by atomic mass is 32.1. The first-order chi connectivity index (χ1) is 8.39. The van der Waals surface area contributed by atoms with Crippen molar-refractivity contribution in [1.29, 1.82) is 0 Å². The Morgan fingerprint density at radius 1 is 1.50 bits per heavy atom. The molecule has 1 aromatic rings. The smallest absolute Gasteiger partial charge is 0.324 e. The van der Waals surface area contributed by atoms with Crippen LogP contribution < -0.4 is 0 Å². The van der Waals surface area contributed by atoms with Crippen LogP contribution in [0.5, 0.6) is 0 Å². The summed E-state index contributed by atoms with van der Waals surface area (Å²) in [7, 11) is 0. The van der Waals surface area contributed by atoms with E-state index in [1.807, 2.05) is 17.5 Å². The van der Waals surface area contributed by atoms with Crippen molar-refractivity contribution in [2.75, 3.05) is 0 Å². The van der Waals surface area contributed by atoms with Gasteiger partial charge in [0.2, 0.25) is 0 Å². The minimum atomic E-state index is -1.24. The molecule has 0 amide bonds. The van der Waals surface area contributed by atoms with Crippen LogP contribution in [0.1, 0.15) is 25.1 Å². The topological polar surface area (TPSA) is 60.4 Å². The molecule has 2 rings (SSSR count). The largest absolute Gasteiger partial charge is 0.458 e. The lowest BCUT2D eigenvalue weighted by molar-refractivity contribution is -0.174. The molecule has 0 aliphatic carbocycles. The van der Waals surface area contributed by atoms with Gasteiger partial charge in [-0.05, 0) is 25.3 Å². The van der Waals surface area contributed by atoms with E-state index in [9.17, 15) is 14.4 Å². The van der Waals surface area contributed by atoms with Gasteiger partial charge in [0.15, 0.2) is 17.5 Å². The van der Waals surface area contributed by atoms with Crippen LogP contribution in [0, 0.1) is 5.92 Å². The lowest BCUT2D eigenvalue weighted by Crippen LogP contribution is -2.47. The summed E-state index contributed by atoms with van der Waals surface area (Å²) in [6.45, 7) is 3.34. The fraction of sp³-hybridized carbons (Fsp3) is 0.462. The zero-order valence-corrected chi connectivity index (χ0v) is 11.1. The Morgan fingerprint density at radius 2 is 2.22 bits per heavy atom. The van der Waals surface area contributed by atoms with Gasteiger partial charge in [-0.15, -0.1) is 11.3 Å². The van der Waals surface area contributed by atoms with Crippen LogP contribution in [0.3, 0.4) is 0 Å². The molecule has 1 aromatic heterocycles. The summed E-state index contributed by atoms with van der Waals surface area (Å²) in [5.74, 6) is -2.65. The fourth-order valence-corrected chi connectivity index (χ4v) is 2.73. The normalized spacial score (nSPS) is 22.7. The molecule has 1 aliphatic rings. The molecule has 1 atom stereocenters. The summed E-state index contributed by atoms with van der Waals surface area (Å²) in [5, 5.41) is 1.85. The van der Waals surface area contributed by atoms with Crippen molar-refractivity contribution in [2.24, 2.45) is 5.92 Å². The Kier molecular flexibility index (Phi) is 3.34. The minimum Gasteiger partial charge on any atom is -0.458 e. The first kappa shape index (κ1) is 13.0. The van der Waals surface area contributed by atoms with Gasteiger partial charge in [-0.1, -0.05) is 6.07 Å². The van der Waals surface area contributed by atoms with E-state index in [4.69, 9.17) is 4.74 Å².